The summed E-state index contributed by atoms with van der Waals surface area (Å²) in [7, 11) is 1.43. The quantitative estimate of drug-likeness (QED) is 0.191. The first kappa shape index (κ1) is 28.0. The fourth-order valence-corrected chi connectivity index (χ4v) is 4.89. The van der Waals surface area contributed by atoms with Gasteiger partial charge >= 0.3 is 12.1 Å². The Hall–Kier alpha value is -4.01. The van der Waals surface area contributed by atoms with Gasteiger partial charge in [-0.2, -0.15) is 13.2 Å². The highest BCUT2D eigenvalue weighted by Gasteiger charge is 2.31. The number of halogens is 3. The number of ether oxygens (including phenoxy) is 2. The van der Waals surface area contributed by atoms with Gasteiger partial charge in [0.05, 0.1) is 18.2 Å². The van der Waals surface area contributed by atoms with Crippen LogP contribution >= 0.6 is 0 Å². The lowest BCUT2D eigenvalue weighted by Gasteiger charge is -2.34. The maximum absolute atomic E-state index is 13.1. The van der Waals surface area contributed by atoms with Crippen LogP contribution in [0.2, 0.25) is 0 Å². The van der Waals surface area contributed by atoms with Gasteiger partial charge in [0.1, 0.15) is 17.2 Å². The number of nitrogens with zero attached hydrogens (tertiary/aromatic N) is 2. The number of hydrogen-bond acceptors (Lipinski definition) is 5. The highest BCUT2D eigenvalue weighted by Crippen LogP contribution is 2.38. The molecule has 0 aliphatic heterocycles. The van der Waals surface area contributed by atoms with E-state index in [2.05, 4.69) is 39.9 Å². The van der Waals surface area contributed by atoms with E-state index >= 15 is 0 Å². The molecule has 0 spiro atoms. The van der Waals surface area contributed by atoms with Crippen LogP contribution in [0.3, 0.4) is 0 Å². The van der Waals surface area contributed by atoms with Crippen molar-refractivity contribution in [3.05, 3.63) is 78.0 Å². The van der Waals surface area contributed by atoms with Crippen molar-refractivity contribution in [2.24, 2.45) is 5.41 Å². The highest BCUT2D eigenvalue weighted by molar-refractivity contribution is 5.92. The summed E-state index contributed by atoms with van der Waals surface area (Å²) in [4.78, 5) is 17.5. The molecule has 4 aromatic rings. The van der Waals surface area contributed by atoms with Crippen LogP contribution in [0.5, 0.6) is 11.5 Å². The molecule has 4 rings (SSSR count). The van der Waals surface area contributed by atoms with Crippen LogP contribution in [0.4, 0.5) is 19.0 Å². The summed E-state index contributed by atoms with van der Waals surface area (Å²) in [6.07, 6.45) is -1.74. The number of benzene rings is 2. The molecule has 0 amide bonds. The van der Waals surface area contributed by atoms with E-state index in [0.717, 1.165) is 30.0 Å². The summed E-state index contributed by atoms with van der Waals surface area (Å²) in [5.74, 6) is 0.196. The van der Waals surface area contributed by atoms with Gasteiger partial charge in [0.2, 0.25) is 0 Å². The number of anilines is 1. The Morgan fingerprint density at radius 1 is 0.949 bits per heavy atom. The minimum Gasteiger partial charge on any atom is -0.493 e. The first-order valence-electron chi connectivity index (χ1n) is 12.5. The number of hydrogen-bond donors (Lipinski definition) is 1. The second-order valence-electron chi connectivity index (χ2n) is 11.3. The Morgan fingerprint density at radius 3 is 2.36 bits per heavy atom. The molecule has 0 aliphatic carbocycles. The third-order valence-electron chi connectivity index (χ3n) is 6.02. The van der Waals surface area contributed by atoms with Crippen molar-refractivity contribution in [2.75, 3.05) is 12.4 Å². The summed E-state index contributed by atoms with van der Waals surface area (Å²) in [5, 5.41) is 3.67. The molecule has 0 unspecified atom stereocenters. The van der Waals surface area contributed by atoms with E-state index in [-0.39, 0.29) is 28.0 Å². The van der Waals surface area contributed by atoms with Crippen molar-refractivity contribution in [1.29, 1.82) is 0 Å². The molecule has 0 radical (unpaired) electrons. The fraction of sp³-hybridized carbons (Fsp3) is 0.333. The number of imidazole rings is 1. The lowest BCUT2D eigenvalue weighted by molar-refractivity contribution is -0.137. The third-order valence-corrected chi connectivity index (χ3v) is 6.02. The van der Waals surface area contributed by atoms with E-state index in [1.54, 1.807) is 18.2 Å². The molecule has 0 fully saturated rings. The Kier molecular flexibility index (Phi) is 7.38. The van der Waals surface area contributed by atoms with Crippen molar-refractivity contribution >= 4 is 17.4 Å². The number of alkyl halides is 3. The van der Waals surface area contributed by atoms with Crippen molar-refractivity contribution in [3.8, 4) is 22.8 Å². The molecule has 6 nitrogen and oxygen atoms in total. The maximum Gasteiger partial charge on any atom is 0.416 e. The number of carbonyl (C=O) groups excluding carboxylic acids is 1. The molecule has 0 saturated heterocycles. The first-order chi connectivity index (χ1) is 18.2. The lowest BCUT2D eigenvalue weighted by atomic mass is 9.82. The van der Waals surface area contributed by atoms with E-state index in [1.165, 1.54) is 19.2 Å². The molecule has 9 heteroatoms. The number of pyridine rings is 1. The van der Waals surface area contributed by atoms with Crippen LogP contribution < -0.4 is 14.8 Å². The maximum atomic E-state index is 13.1. The minimum absolute atomic E-state index is 0.0787. The number of esters is 1. The first-order valence-corrected chi connectivity index (χ1v) is 12.5. The van der Waals surface area contributed by atoms with Crippen molar-refractivity contribution in [1.82, 2.24) is 9.38 Å². The van der Waals surface area contributed by atoms with Gasteiger partial charge in [-0.05, 0) is 74.2 Å². The van der Waals surface area contributed by atoms with Gasteiger partial charge < -0.3 is 14.8 Å². The summed E-state index contributed by atoms with van der Waals surface area (Å²) < 4.78 is 52.2. The summed E-state index contributed by atoms with van der Waals surface area (Å²) >= 11 is 0. The van der Waals surface area contributed by atoms with Gasteiger partial charge in [0.15, 0.2) is 11.5 Å². The standard InChI is InChI=1S/C30H32F3N3O3/c1-28(2,3)18-29(4,5)35-26-25(34-24-12-7-8-15-36(24)26)19-13-14-22(23(17-19)38-6)39-27(37)20-10-9-11-21(16-20)30(31,32)33/h7-17,35H,18H2,1-6H3. The SMILES string of the molecule is COc1cc(-c2nc3ccccn3c2NC(C)(C)CC(C)(C)C)ccc1OC(=O)c1cccc(C(F)(F)F)c1. The topological polar surface area (TPSA) is 64.9 Å². The van der Waals surface area contributed by atoms with Gasteiger partial charge in [0, 0.05) is 17.3 Å². The monoisotopic (exact) mass is 539 g/mol. The van der Waals surface area contributed by atoms with Crippen LogP contribution in [-0.2, 0) is 6.18 Å². The molecule has 2 aromatic carbocycles. The Balaban J connectivity index is 1.69. The predicted molar refractivity (Wildman–Crippen MR) is 145 cm³/mol. The van der Waals surface area contributed by atoms with Crippen LogP contribution in [0.1, 0.15) is 57.0 Å². The van der Waals surface area contributed by atoms with Crippen molar-refractivity contribution in [2.45, 2.75) is 52.8 Å². The zero-order valence-corrected chi connectivity index (χ0v) is 22.8. The summed E-state index contributed by atoms with van der Waals surface area (Å²) in [5.41, 5.74) is 0.820. The number of rotatable bonds is 7. The minimum atomic E-state index is -4.57. The number of methoxy groups -OCH3 is 1. The average Bonchev–Trinajstić information content (AvgIpc) is 3.20. The van der Waals surface area contributed by atoms with Gasteiger partial charge in [0.25, 0.3) is 0 Å². The molecule has 2 heterocycles. The molecule has 206 valence electrons. The van der Waals surface area contributed by atoms with E-state index in [9.17, 15) is 18.0 Å². The van der Waals surface area contributed by atoms with Gasteiger partial charge in [-0.3, -0.25) is 4.40 Å². The number of carbonyl (C=O) groups is 1. The van der Waals surface area contributed by atoms with E-state index in [4.69, 9.17) is 14.5 Å². The van der Waals surface area contributed by atoms with Crippen LogP contribution in [-0.4, -0.2) is 28.0 Å². The van der Waals surface area contributed by atoms with E-state index in [1.807, 2.05) is 28.8 Å². The summed E-state index contributed by atoms with van der Waals surface area (Å²) in [6, 6.07) is 14.8. The fourth-order valence-electron chi connectivity index (χ4n) is 4.89. The molecule has 0 saturated carbocycles. The smallest absolute Gasteiger partial charge is 0.416 e. The molecule has 2 aromatic heterocycles. The van der Waals surface area contributed by atoms with Crippen molar-refractivity contribution < 1.29 is 27.4 Å². The number of aromatic nitrogens is 2. The largest absolute Gasteiger partial charge is 0.493 e. The molecule has 0 atom stereocenters. The molecule has 1 N–H and O–H groups in total. The van der Waals surface area contributed by atoms with Gasteiger partial charge in [-0.1, -0.05) is 32.9 Å². The Bertz CT molecular complexity index is 1500. The van der Waals surface area contributed by atoms with Crippen LogP contribution in [0.15, 0.2) is 66.9 Å². The molecule has 0 aliphatic rings. The Morgan fingerprint density at radius 2 is 1.69 bits per heavy atom. The van der Waals surface area contributed by atoms with Crippen molar-refractivity contribution in [3.63, 3.8) is 0 Å². The number of fused-ring (bicyclic) bond motifs is 1. The zero-order valence-electron chi connectivity index (χ0n) is 22.8. The second kappa shape index (κ2) is 10.3. The highest BCUT2D eigenvalue weighted by atomic mass is 19.4. The van der Waals surface area contributed by atoms with Crippen LogP contribution in [0, 0.1) is 5.41 Å². The third kappa shape index (κ3) is 6.53. The molecule has 0 bridgehead atoms. The zero-order chi connectivity index (χ0) is 28.6. The number of nitrogens with one attached hydrogen (secondary N) is 1. The molecular formula is C30H32F3N3O3. The van der Waals surface area contributed by atoms with E-state index in [0.29, 0.717) is 11.3 Å². The average molecular weight is 540 g/mol. The van der Waals surface area contributed by atoms with E-state index < -0.39 is 17.7 Å². The summed E-state index contributed by atoms with van der Waals surface area (Å²) in [6.45, 7) is 10.9. The molecule has 39 heavy (non-hydrogen) atoms. The molecular weight excluding hydrogens is 507 g/mol. The normalized spacial score (nSPS) is 12.4. The van der Waals surface area contributed by atoms with Crippen LogP contribution in [0.25, 0.3) is 16.9 Å². The van der Waals surface area contributed by atoms with Gasteiger partial charge in [-0.15, -0.1) is 0 Å². The second-order valence-corrected chi connectivity index (χ2v) is 11.3. The lowest BCUT2D eigenvalue weighted by Crippen LogP contribution is -2.36. The Labute approximate surface area is 225 Å². The predicted octanol–water partition coefficient (Wildman–Crippen LogP) is 7.87. The van der Waals surface area contributed by atoms with Gasteiger partial charge in [-0.25, -0.2) is 9.78 Å².